The highest BCUT2D eigenvalue weighted by Gasteiger charge is 2.10. The molecule has 0 fully saturated rings. The van der Waals surface area contributed by atoms with Crippen LogP contribution in [0.1, 0.15) is 12.5 Å². The highest BCUT2D eigenvalue weighted by Crippen LogP contribution is 2.14. The molecule has 0 atom stereocenters. The summed E-state index contributed by atoms with van der Waals surface area (Å²) in [6.45, 7) is 5.02. The maximum Gasteiger partial charge on any atom is 0.269 e. The van der Waals surface area contributed by atoms with Gasteiger partial charge in [0.15, 0.2) is 0 Å². The van der Waals surface area contributed by atoms with Crippen LogP contribution >= 0.6 is 0 Å². The predicted molar refractivity (Wildman–Crippen MR) is 78.1 cm³/mol. The lowest BCUT2D eigenvalue weighted by atomic mass is 10.1. The Hall–Kier alpha value is -2.96. The summed E-state index contributed by atoms with van der Waals surface area (Å²) in [6.07, 6.45) is 2.94. The smallest absolute Gasteiger partial charge is 0.269 e. The van der Waals surface area contributed by atoms with Crippen LogP contribution in [0.25, 0.3) is 6.08 Å². The van der Waals surface area contributed by atoms with E-state index in [4.69, 9.17) is 0 Å². The summed E-state index contributed by atoms with van der Waals surface area (Å²) >= 11 is 0. The number of nitro groups is 1. The molecule has 0 aromatic heterocycles. The number of hydrogen-bond donors (Lipinski definition) is 2. The average molecular weight is 289 g/mol. The van der Waals surface area contributed by atoms with E-state index in [-0.39, 0.29) is 17.9 Å². The van der Waals surface area contributed by atoms with Gasteiger partial charge in [0.1, 0.15) is 5.70 Å². The summed E-state index contributed by atoms with van der Waals surface area (Å²) in [6, 6.07) is 5.61. The summed E-state index contributed by atoms with van der Waals surface area (Å²) in [5.41, 5.74) is 0.556. The van der Waals surface area contributed by atoms with Gasteiger partial charge in [0, 0.05) is 25.6 Å². The van der Waals surface area contributed by atoms with Crippen LogP contribution in [0.15, 0.2) is 42.6 Å². The molecule has 7 heteroatoms. The Morgan fingerprint density at radius 3 is 2.43 bits per heavy atom. The first-order chi connectivity index (χ1) is 9.93. The van der Waals surface area contributed by atoms with Gasteiger partial charge in [-0.15, -0.1) is 6.58 Å². The number of carbonyl (C=O) groups excluding carboxylic acids is 2. The Kier molecular flexibility index (Phi) is 5.81. The van der Waals surface area contributed by atoms with Gasteiger partial charge >= 0.3 is 0 Å². The van der Waals surface area contributed by atoms with Crippen LogP contribution in [0.5, 0.6) is 0 Å². The third-order valence-electron chi connectivity index (χ3n) is 2.38. The Morgan fingerprint density at radius 1 is 1.33 bits per heavy atom. The van der Waals surface area contributed by atoms with Gasteiger partial charge in [-0.1, -0.05) is 6.08 Å². The van der Waals surface area contributed by atoms with E-state index in [0.717, 1.165) is 0 Å². The molecule has 2 amide bonds. The minimum Gasteiger partial charge on any atom is -0.347 e. The van der Waals surface area contributed by atoms with Crippen LogP contribution in [-0.4, -0.2) is 23.3 Å². The van der Waals surface area contributed by atoms with Crippen molar-refractivity contribution >= 4 is 23.6 Å². The van der Waals surface area contributed by atoms with Gasteiger partial charge in [-0.05, 0) is 23.8 Å². The summed E-state index contributed by atoms with van der Waals surface area (Å²) in [5.74, 6) is -0.861. The van der Waals surface area contributed by atoms with Crippen molar-refractivity contribution in [3.63, 3.8) is 0 Å². The molecule has 0 radical (unpaired) electrons. The van der Waals surface area contributed by atoms with E-state index in [1.54, 1.807) is 0 Å². The standard InChI is InChI=1S/C14H15N3O4/c1-3-8-15-14(19)13(16-10(2)18)9-11-4-6-12(7-5-11)17(20)21/h3-7,9H,1,8H2,2H3,(H,15,19)(H,16,18)/b13-9-. The molecular weight excluding hydrogens is 274 g/mol. The van der Waals surface area contributed by atoms with E-state index < -0.39 is 16.7 Å². The maximum atomic E-state index is 11.9. The molecule has 7 nitrogen and oxygen atoms in total. The van der Waals surface area contributed by atoms with E-state index in [1.165, 1.54) is 43.3 Å². The van der Waals surface area contributed by atoms with E-state index in [0.29, 0.717) is 5.56 Å². The normalized spacial score (nSPS) is 10.6. The molecule has 0 saturated carbocycles. The van der Waals surface area contributed by atoms with Gasteiger partial charge in [-0.3, -0.25) is 19.7 Å². The van der Waals surface area contributed by atoms with Crippen molar-refractivity contribution in [2.75, 3.05) is 6.54 Å². The topological polar surface area (TPSA) is 101 Å². The zero-order valence-electron chi connectivity index (χ0n) is 11.5. The summed E-state index contributed by atoms with van der Waals surface area (Å²) in [5, 5.41) is 15.5. The molecule has 1 aromatic carbocycles. The molecule has 0 unspecified atom stereocenters. The molecule has 0 aliphatic carbocycles. The number of carbonyl (C=O) groups is 2. The molecule has 110 valence electrons. The quantitative estimate of drug-likeness (QED) is 0.357. The van der Waals surface area contributed by atoms with Gasteiger partial charge in [0.05, 0.1) is 4.92 Å². The SMILES string of the molecule is C=CCNC(=O)/C(=C/c1ccc([N+](=O)[O-])cc1)NC(C)=O. The number of hydrogen-bond acceptors (Lipinski definition) is 4. The fraction of sp³-hybridized carbons (Fsp3) is 0.143. The summed E-state index contributed by atoms with van der Waals surface area (Å²) in [4.78, 5) is 33.0. The van der Waals surface area contributed by atoms with Crippen molar-refractivity contribution < 1.29 is 14.5 Å². The average Bonchev–Trinajstić information content (AvgIpc) is 2.44. The largest absolute Gasteiger partial charge is 0.347 e. The molecule has 0 bridgehead atoms. The van der Waals surface area contributed by atoms with Gasteiger partial charge in [0.25, 0.3) is 11.6 Å². The summed E-state index contributed by atoms with van der Waals surface area (Å²) < 4.78 is 0. The Morgan fingerprint density at radius 2 is 1.95 bits per heavy atom. The molecule has 1 rings (SSSR count). The first kappa shape index (κ1) is 16.1. The van der Waals surface area contributed by atoms with Crippen molar-refractivity contribution in [1.82, 2.24) is 10.6 Å². The van der Waals surface area contributed by atoms with Crippen LogP contribution in [0.3, 0.4) is 0 Å². The van der Waals surface area contributed by atoms with Crippen LogP contribution < -0.4 is 10.6 Å². The summed E-state index contributed by atoms with van der Waals surface area (Å²) in [7, 11) is 0. The second-order valence-electron chi connectivity index (χ2n) is 4.09. The Labute approximate surface area is 121 Å². The van der Waals surface area contributed by atoms with Crippen molar-refractivity contribution in [3.05, 3.63) is 58.3 Å². The second kappa shape index (κ2) is 7.59. The van der Waals surface area contributed by atoms with Crippen LogP contribution in [0, 0.1) is 10.1 Å². The lowest BCUT2D eigenvalue weighted by molar-refractivity contribution is -0.384. The van der Waals surface area contributed by atoms with Crippen LogP contribution in [0.2, 0.25) is 0 Å². The third kappa shape index (κ3) is 5.27. The molecular formula is C14H15N3O4. The lowest BCUT2D eigenvalue weighted by Crippen LogP contribution is -2.33. The minimum atomic E-state index is -0.515. The zero-order chi connectivity index (χ0) is 15.8. The van der Waals surface area contributed by atoms with E-state index >= 15 is 0 Å². The molecule has 21 heavy (non-hydrogen) atoms. The molecule has 0 spiro atoms. The third-order valence-corrected chi connectivity index (χ3v) is 2.38. The molecule has 0 saturated heterocycles. The van der Waals surface area contributed by atoms with Crippen molar-refractivity contribution in [2.24, 2.45) is 0 Å². The first-order valence-electron chi connectivity index (χ1n) is 6.07. The number of rotatable bonds is 6. The second-order valence-corrected chi connectivity index (χ2v) is 4.09. The first-order valence-corrected chi connectivity index (χ1v) is 6.07. The number of amides is 2. The van der Waals surface area contributed by atoms with E-state index in [9.17, 15) is 19.7 Å². The van der Waals surface area contributed by atoms with Crippen molar-refractivity contribution in [1.29, 1.82) is 0 Å². The lowest BCUT2D eigenvalue weighted by Gasteiger charge is -2.08. The monoisotopic (exact) mass is 289 g/mol. The van der Waals surface area contributed by atoms with Crippen LogP contribution in [0.4, 0.5) is 5.69 Å². The Balaban J connectivity index is 3.00. The molecule has 0 heterocycles. The molecule has 0 aliphatic heterocycles. The van der Waals surface area contributed by atoms with Gasteiger partial charge < -0.3 is 10.6 Å². The van der Waals surface area contributed by atoms with E-state index in [1.807, 2.05) is 0 Å². The number of nitro benzene ring substituents is 1. The highest BCUT2D eigenvalue weighted by atomic mass is 16.6. The number of nitrogens with zero attached hydrogens (tertiary/aromatic N) is 1. The molecule has 1 aromatic rings. The van der Waals surface area contributed by atoms with Gasteiger partial charge in [-0.25, -0.2) is 0 Å². The van der Waals surface area contributed by atoms with Gasteiger partial charge in [-0.2, -0.15) is 0 Å². The minimum absolute atomic E-state index is 0.0515. The molecule has 2 N–H and O–H groups in total. The number of nitrogens with one attached hydrogen (secondary N) is 2. The number of benzene rings is 1. The van der Waals surface area contributed by atoms with Crippen LogP contribution in [-0.2, 0) is 9.59 Å². The fourth-order valence-corrected chi connectivity index (χ4v) is 1.47. The molecule has 0 aliphatic rings. The van der Waals surface area contributed by atoms with E-state index in [2.05, 4.69) is 17.2 Å². The predicted octanol–water partition coefficient (Wildman–Crippen LogP) is 1.37. The zero-order valence-corrected chi connectivity index (χ0v) is 11.5. The van der Waals surface area contributed by atoms with Crippen molar-refractivity contribution in [2.45, 2.75) is 6.92 Å². The number of non-ortho nitro benzene ring substituents is 1. The Bertz CT molecular complexity index is 591. The fourth-order valence-electron chi connectivity index (χ4n) is 1.47. The van der Waals surface area contributed by atoms with Gasteiger partial charge in [0.2, 0.25) is 5.91 Å². The highest BCUT2D eigenvalue weighted by molar-refractivity contribution is 6.00. The van der Waals surface area contributed by atoms with Crippen molar-refractivity contribution in [3.8, 4) is 0 Å². The maximum absolute atomic E-state index is 11.9.